The van der Waals surface area contributed by atoms with Crippen LogP contribution in [0.4, 0.5) is 0 Å². The van der Waals surface area contributed by atoms with Gasteiger partial charge in [-0.3, -0.25) is 0 Å². The first-order valence-corrected chi connectivity index (χ1v) is 9.16. The zero-order chi connectivity index (χ0) is 16.4. The number of hydrogen-bond donors (Lipinski definition) is 2. The Hall–Kier alpha value is -0.340. The lowest BCUT2D eigenvalue weighted by Gasteiger charge is -2.57. The van der Waals surface area contributed by atoms with E-state index in [1.165, 1.54) is 31.3 Å². The molecule has 0 aromatic rings. The number of aliphatic hydroxyl groups is 2. The molecule has 1 saturated carbocycles. The van der Waals surface area contributed by atoms with Gasteiger partial charge >= 0.3 is 0 Å². The molecule has 3 rings (SSSR count). The second-order valence-electron chi connectivity index (χ2n) is 9.70. The maximum Gasteiger partial charge on any atom is 0.0967 e. The summed E-state index contributed by atoms with van der Waals surface area (Å²) in [5.74, 6) is 0.779. The first-order valence-electron chi connectivity index (χ1n) is 9.16. The van der Waals surface area contributed by atoms with Crippen LogP contribution in [0.3, 0.4) is 0 Å². The quantitative estimate of drug-likeness (QED) is 0.695. The molecule has 0 saturated heterocycles. The van der Waals surface area contributed by atoms with E-state index in [1.54, 1.807) is 19.4 Å². The predicted octanol–water partition coefficient (Wildman–Crippen LogP) is 4.60. The van der Waals surface area contributed by atoms with Crippen molar-refractivity contribution in [1.29, 1.82) is 0 Å². The van der Waals surface area contributed by atoms with Crippen LogP contribution in [0, 0.1) is 16.7 Å². The van der Waals surface area contributed by atoms with Crippen LogP contribution >= 0.6 is 0 Å². The molecule has 3 atom stereocenters. The molecule has 0 aromatic carbocycles. The Balaban J connectivity index is 1.96. The third-order valence-electron chi connectivity index (χ3n) is 7.51. The molecule has 0 spiro atoms. The van der Waals surface area contributed by atoms with Gasteiger partial charge < -0.3 is 10.2 Å². The highest BCUT2D eigenvalue weighted by molar-refractivity contribution is 5.33. The van der Waals surface area contributed by atoms with E-state index in [9.17, 15) is 10.2 Å². The first-order chi connectivity index (χ1) is 10.00. The van der Waals surface area contributed by atoms with Crippen LogP contribution in [0.5, 0.6) is 0 Å². The van der Waals surface area contributed by atoms with E-state index in [1.807, 2.05) is 0 Å². The molecule has 0 radical (unpaired) electrons. The van der Waals surface area contributed by atoms with E-state index >= 15 is 0 Å². The van der Waals surface area contributed by atoms with Crippen LogP contribution in [0.1, 0.15) is 86.0 Å². The minimum Gasteiger partial charge on any atom is -0.387 e. The summed E-state index contributed by atoms with van der Waals surface area (Å²) in [6, 6.07) is 0. The van der Waals surface area contributed by atoms with Crippen LogP contribution in [0.25, 0.3) is 0 Å². The Labute approximate surface area is 136 Å². The Bertz CT molecular complexity index is 496. The molecule has 3 aliphatic rings. The molecule has 1 unspecified atom stereocenters. The van der Waals surface area contributed by atoms with Gasteiger partial charge in [-0.05, 0) is 69.1 Å². The summed E-state index contributed by atoms with van der Waals surface area (Å²) in [6.45, 7) is 10.9. The van der Waals surface area contributed by atoms with Crippen molar-refractivity contribution in [3.8, 4) is 0 Å². The van der Waals surface area contributed by atoms with Gasteiger partial charge in [-0.1, -0.05) is 38.3 Å². The topological polar surface area (TPSA) is 40.5 Å². The van der Waals surface area contributed by atoms with Crippen molar-refractivity contribution >= 4 is 0 Å². The summed E-state index contributed by atoms with van der Waals surface area (Å²) in [5.41, 5.74) is 1.91. The lowest BCUT2D eigenvalue weighted by molar-refractivity contribution is -0.141. The van der Waals surface area contributed by atoms with Gasteiger partial charge in [0.05, 0.1) is 11.2 Å². The SMILES string of the molecule is CC1(C)CCC[C@]2(C)C3=C(CC[C@@H]12)CC(O)(C(C)(C)O)CC3. The first kappa shape index (κ1) is 16.5. The van der Waals surface area contributed by atoms with Crippen molar-refractivity contribution in [1.82, 2.24) is 0 Å². The van der Waals surface area contributed by atoms with Crippen molar-refractivity contribution in [2.24, 2.45) is 16.7 Å². The Morgan fingerprint density at radius 2 is 1.73 bits per heavy atom. The van der Waals surface area contributed by atoms with Gasteiger partial charge in [0.1, 0.15) is 0 Å². The molecule has 126 valence electrons. The summed E-state index contributed by atoms with van der Waals surface area (Å²) in [5, 5.41) is 21.3. The Morgan fingerprint density at radius 1 is 1.05 bits per heavy atom. The maximum atomic E-state index is 10.9. The summed E-state index contributed by atoms with van der Waals surface area (Å²) in [7, 11) is 0. The highest BCUT2D eigenvalue weighted by atomic mass is 16.4. The van der Waals surface area contributed by atoms with Crippen molar-refractivity contribution in [3.63, 3.8) is 0 Å². The van der Waals surface area contributed by atoms with E-state index in [0.29, 0.717) is 23.7 Å². The molecule has 2 nitrogen and oxygen atoms in total. The monoisotopic (exact) mass is 306 g/mol. The van der Waals surface area contributed by atoms with Gasteiger partial charge in [0.15, 0.2) is 0 Å². The lowest BCUT2D eigenvalue weighted by atomic mass is 9.48. The third-order valence-corrected chi connectivity index (χ3v) is 7.51. The molecular weight excluding hydrogens is 272 g/mol. The minimum atomic E-state index is -1.02. The predicted molar refractivity (Wildman–Crippen MR) is 90.6 cm³/mol. The van der Waals surface area contributed by atoms with Crippen LogP contribution in [0.15, 0.2) is 11.1 Å². The highest BCUT2D eigenvalue weighted by Gasteiger charge is 2.54. The van der Waals surface area contributed by atoms with Gasteiger partial charge in [-0.15, -0.1) is 0 Å². The van der Waals surface area contributed by atoms with E-state index in [-0.39, 0.29) is 0 Å². The van der Waals surface area contributed by atoms with Gasteiger partial charge in [-0.2, -0.15) is 0 Å². The average Bonchev–Trinajstić information content (AvgIpc) is 2.35. The fourth-order valence-corrected chi connectivity index (χ4v) is 6.02. The smallest absolute Gasteiger partial charge is 0.0967 e. The molecule has 2 heteroatoms. The standard InChI is InChI=1S/C20H34O2/c1-17(2)10-6-11-19(5)15-9-12-20(22,18(3,4)21)13-14(15)7-8-16(17)19/h16,21-22H,6-13H2,1-5H3/t16-,19+,20?/m0/s1. The molecule has 0 bridgehead atoms. The van der Waals surface area contributed by atoms with Crippen molar-refractivity contribution in [2.45, 2.75) is 97.2 Å². The summed E-state index contributed by atoms with van der Waals surface area (Å²) >= 11 is 0. The molecule has 22 heavy (non-hydrogen) atoms. The lowest BCUT2D eigenvalue weighted by Crippen LogP contribution is -2.54. The van der Waals surface area contributed by atoms with Crippen molar-refractivity contribution in [3.05, 3.63) is 11.1 Å². The number of rotatable bonds is 1. The summed E-state index contributed by atoms with van der Waals surface area (Å²) < 4.78 is 0. The van der Waals surface area contributed by atoms with E-state index in [4.69, 9.17) is 0 Å². The van der Waals surface area contributed by atoms with Gasteiger partial charge in [0.2, 0.25) is 0 Å². The van der Waals surface area contributed by atoms with E-state index in [0.717, 1.165) is 18.8 Å². The molecule has 0 amide bonds. The molecule has 3 aliphatic carbocycles. The zero-order valence-corrected chi connectivity index (χ0v) is 15.1. The Morgan fingerprint density at radius 3 is 2.36 bits per heavy atom. The highest BCUT2D eigenvalue weighted by Crippen LogP contribution is 2.62. The summed E-state index contributed by atoms with van der Waals surface area (Å²) in [6.07, 6.45) is 8.71. The molecular formula is C20H34O2. The van der Waals surface area contributed by atoms with Gasteiger partial charge in [0, 0.05) is 6.42 Å². The molecule has 0 heterocycles. The molecule has 2 N–H and O–H groups in total. The number of allylic oxidation sites excluding steroid dienone is 1. The normalized spacial score (nSPS) is 41.9. The van der Waals surface area contributed by atoms with Gasteiger partial charge in [0.25, 0.3) is 0 Å². The molecule has 0 aliphatic heterocycles. The molecule has 1 fully saturated rings. The number of fused-ring (bicyclic) bond motifs is 2. The zero-order valence-electron chi connectivity index (χ0n) is 15.1. The largest absolute Gasteiger partial charge is 0.387 e. The third kappa shape index (κ3) is 2.29. The Kier molecular flexibility index (Phi) is 3.63. The van der Waals surface area contributed by atoms with E-state index in [2.05, 4.69) is 20.8 Å². The van der Waals surface area contributed by atoms with Crippen LogP contribution in [-0.2, 0) is 0 Å². The van der Waals surface area contributed by atoms with Crippen molar-refractivity contribution < 1.29 is 10.2 Å². The average molecular weight is 306 g/mol. The van der Waals surface area contributed by atoms with Crippen LogP contribution in [0.2, 0.25) is 0 Å². The second kappa shape index (κ2) is 4.83. The minimum absolute atomic E-state index is 0.330. The van der Waals surface area contributed by atoms with E-state index < -0.39 is 11.2 Å². The fraction of sp³-hybridized carbons (Fsp3) is 0.900. The molecule has 0 aromatic heterocycles. The second-order valence-corrected chi connectivity index (χ2v) is 9.70. The van der Waals surface area contributed by atoms with Crippen LogP contribution < -0.4 is 0 Å². The van der Waals surface area contributed by atoms with Crippen molar-refractivity contribution in [2.75, 3.05) is 0 Å². The fourth-order valence-electron chi connectivity index (χ4n) is 6.02. The summed E-state index contributed by atoms with van der Waals surface area (Å²) in [4.78, 5) is 0. The maximum absolute atomic E-state index is 10.9. The van der Waals surface area contributed by atoms with Gasteiger partial charge in [-0.25, -0.2) is 0 Å². The number of hydrogen-bond acceptors (Lipinski definition) is 2. The van der Waals surface area contributed by atoms with Crippen LogP contribution in [-0.4, -0.2) is 21.4 Å².